The number of esters is 1. The molecule has 4 nitrogen and oxygen atoms in total. The number of hydrogen-bond acceptors (Lipinski definition) is 4. The van der Waals surface area contributed by atoms with E-state index in [4.69, 9.17) is 14.6 Å². The number of hydrogen-bond donors (Lipinski definition) is 1. The van der Waals surface area contributed by atoms with Crippen molar-refractivity contribution in [1.29, 1.82) is 0 Å². The highest BCUT2D eigenvalue weighted by Gasteiger charge is 2.22. The van der Waals surface area contributed by atoms with Crippen molar-refractivity contribution in [2.75, 3.05) is 13.2 Å². The van der Waals surface area contributed by atoms with E-state index in [2.05, 4.69) is 56.4 Å². The normalized spacial score (nSPS) is 11.6. The van der Waals surface area contributed by atoms with Crippen molar-refractivity contribution in [3.8, 4) is 16.9 Å². The highest BCUT2D eigenvalue weighted by Crippen LogP contribution is 2.28. The van der Waals surface area contributed by atoms with Crippen molar-refractivity contribution in [2.24, 2.45) is 5.92 Å². The smallest absolute Gasteiger partial charge is 0.308 e. The first-order chi connectivity index (χ1) is 15.8. The zero-order valence-corrected chi connectivity index (χ0v) is 22.2. The molecule has 0 saturated heterocycles. The van der Waals surface area contributed by atoms with Gasteiger partial charge in [0.2, 0.25) is 0 Å². The quantitative estimate of drug-likeness (QED) is 0.200. The molecule has 5 heteroatoms. The van der Waals surface area contributed by atoms with Crippen molar-refractivity contribution in [3.63, 3.8) is 0 Å². The first-order valence-electron chi connectivity index (χ1n) is 12.4. The molecule has 0 aliphatic carbocycles. The van der Waals surface area contributed by atoms with Gasteiger partial charge < -0.3 is 14.6 Å². The molecule has 0 aliphatic heterocycles. The molecule has 0 heterocycles. The summed E-state index contributed by atoms with van der Waals surface area (Å²) < 4.78 is 11.5. The van der Waals surface area contributed by atoms with E-state index in [1.54, 1.807) is 0 Å². The molecule has 0 fully saturated rings. The molecule has 2 aromatic carbocycles. The van der Waals surface area contributed by atoms with E-state index in [0.29, 0.717) is 6.61 Å². The van der Waals surface area contributed by atoms with Crippen LogP contribution in [0.3, 0.4) is 0 Å². The van der Waals surface area contributed by atoms with E-state index in [0.717, 1.165) is 41.7 Å². The zero-order valence-electron chi connectivity index (χ0n) is 21.2. The molecule has 0 spiro atoms. The Bertz CT molecular complexity index is 859. The van der Waals surface area contributed by atoms with Crippen molar-refractivity contribution in [2.45, 2.75) is 78.6 Å². The maximum atomic E-state index is 12.0. The van der Waals surface area contributed by atoms with Gasteiger partial charge >= 0.3 is 5.97 Å². The molecule has 0 aromatic heterocycles. The van der Waals surface area contributed by atoms with Gasteiger partial charge in [0, 0.05) is 12.2 Å². The van der Waals surface area contributed by atoms with Gasteiger partial charge in [0.15, 0.2) is 0 Å². The summed E-state index contributed by atoms with van der Waals surface area (Å²) in [6, 6.07) is 16.5. The Kier molecular flexibility index (Phi) is 11.1. The highest BCUT2D eigenvalue weighted by molar-refractivity contribution is 6.89. The molecule has 182 valence electrons. The number of aliphatic hydroxyl groups is 1. The van der Waals surface area contributed by atoms with E-state index in [1.165, 1.54) is 24.1 Å². The number of unbranched alkanes of at least 4 members (excludes halogenated alkanes) is 3. The SMILES string of the molecule is CCCC[Si](C)(C)c1ccc(-c2ccc(OCCCCCO)c(COC(=O)C(C)C)c2)cc1. The zero-order chi connectivity index (χ0) is 24.3. The topological polar surface area (TPSA) is 55.8 Å². The van der Waals surface area contributed by atoms with E-state index in [9.17, 15) is 4.79 Å². The molecule has 33 heavy (non-hydrogen) atoms. The highest BCUT2D eigenvalue weighted by atomic mass is 28.3. The monoisotopic (exact) mass is 470 g/mol. The Balaban J connectivity index is 2.20. The molecular formula is C28H42O4Si. The maximum Gasteiger partial charge on any atom is 0.308 e. The average Bonchev–Trinajstić information content (AvgIpc) is 2.81. The molecule has 2 aromatic rings. The predicted octanol–water partition coefficient (Wildman–Crippen LogP) is 6.31. The molecule has 0 aliphatic rings. The van der Waals surface area contributed by atoms with Crippen LogP contribution in [-0.2, 0) is 16.1 Å². The number of carbonyl (C=O) groups is 1. The Labute approximate surface area is 201 Å². The standard InChI is InChI=1S/C28H42O4Si/c1-6-7-19-33(4,5)26-14-11-23(12-15-26)24-13-16-27(31-18-10-8-9-17-29)25(20-24)21-32-28(30)22(2)3/h11-16,20,22,29H,6-10,17-19,21H2,1-5H3. The molecule has 1 N–H and O–H groups in total. The summed E-state index contributed by atoms with van der Waals surface area (Å²) in [5.41, 5.74) is 3.13. The van der Waals surface area contributed by atoms with Crippen LogP contribution in [0.2, 0.25) is 19.1 Å². The van der Waals surface area contributed by atoms with Crippen LogP contribution in [0.1, 0.15) is 58.4 Å². The summed E-state index contributed by atoms with van der Waals surface area (Å²) in [5, 5.41) is 10.4. The van der Waals surface area contributed by atoms with Crippen molar-refractivity contribution < 1.29 is 19.4 Å². The lowest BCUT2D eigenvalue weighted by Crippen LogP contribution is -2.40. The Hall–Kier alpha value is -2.11. The number of rotatable bonds is 14. The van der Waals surface area contributed by atoms with E-state index in [-0.39, 0.29) is 25.1 Å². The van der Waals surface area contributed by atoms with Crippen LogP contribution in [0.25, 0.3) is 11.1 Å². The summed E-state index contributed by atoms with van der Waals surface area (Å²) in [6.45, 7) is 11.8. The Morgan fingerprint density at radius 3 is 2.30 bits per heavy atom. The molecule has 0 bridgehead atoms. The van der Waals surface area contributed by atoms with Gasteiger partial charge in [0.1, 0.15) is 12.4 Å². The van der Waals surface area contributed by atoms with Crippen molar-refractivity contribution in [1.82, 2.24) is 0 Å². The molecule has 2 rings (SSSR count). The second-order valence-corrected chi connectivity index (χ2v) is 14.6. The number of benzene rings is 2. The molecule has 0 radical (unpaired) electrons. The van der Waals surface area contributed by atoms with Crippen molar-refractivity contribution in [3.05, 3.63) is 48.0 Å². The van der Waals surface area contributed by atoms with Crippen LogP contribution >= 0.6 is 0 Å². The first-order valence-corrected chi connectivity index (χ1v) is 15.6. The van der Waals surface area contributed by atoms with E-state index in [1.807, 2.05) is 19.9 Å². The second-order valence-electron chi connectivity index (χ2n) is 9.78. The van der Waals surface area contributed by atoms with Gasteiger partial charge in [-0.05, 0) is 42.5 Å². The van der Waals surface area contributed by atoms with E-state index < -0.39 is 8.07 Å². The number of carbonyl (C=O) groups excluding carboxylic acids is 1. The lowest BCUT2D eigenvalue weighted by atomic mass is 10.0. The van der Waals surface area contributed by atoms with Crippen LogP contribution in [0.4, 0.5) is 0 Å². The van der Waals surface area contributed by atoms with Crippen LogP contribution in [0, 0.1) is 5.92 Å². The van der Waals surface area contributed by atoms with Crippen LogP contribution in [-0.4, -0.2) is 32.4 Å². The van der Waals surface area contributed by atoms with Crippen LogP contribution in [0.15, 0.2) is 42.5 Å². The molecule has 0 amide bonds. The van der Waals surface area contributed by atoms with Gasteiger partial charge in [-0.25, -0.2) is 0 Å². The molecule has 0 unspecified atom stereocenters. The third-order valence-electron chi connectivity index (χ3n) is 6.12. The first kappa shape index (κ1) is 27.1. The fourth-order valence-electron chi connectivity index (χ4n) is 3.78. The maximum absolute atomic E-state index is 12.0. The summed E-state index contributed by atoms with van der Waals surface area (Å²) >= 11 is 0. The third kappa shape index (κ3) is 8.63. The van der Waals surface area contributed by atoms with E-state index >= 15 is 0 Å². The Morgan fingerprint density at radius 1 is 0.970 bits per heavy atom. The molecule has 0 saturated carbocycles. The lowest BCUT2D eigenvalue weighted by molar-refractivity contribution is -0.148. The minimum absolute atomic E-state index is 0.163. The van der Waals surface area contributed by atoms with Gasteiger partial charge in [-0.3, -0.25) is 4.79 Å². The van der Waals surface area contributed by atoms with Gasteiger partial charge in [0.25, 0.3) is 0 Å². The number of ether oxygens (including phenoxy) is 2. The van der Waals surface area contributed by atoms with Crippen LogP contribution in [0.5, 0.6) is 5.75 Å². The fourth-order valence-corrected chi connectivity index (χ4v) is 6.37. The third-order valence-corrected chi connectivity index (χ3v) is 9.62. The largest absolute Gasteiger partial charge is 0.493 e. The van der Waals surface area contributed by atoms with Gasteiger partial charge in [-0.15, -0.1) is 0 Å². The lowest BCUT2D eigenvalue weighted by Gasteiger charge is -2.23. The minimum atomic E-state index is -1.40. The predicted molar refractivity (Wildman–Crippen MR) is 140 cm³/mol. The second kappa shape index (κ2) is 13.6. The summed E-state index contributed by atoms with van der Waals surface area (Å²) in [6.07, 6.45) is 5.13. The van der Waals surface area contributed by atoms with Gasteiger partial charge in [0.05, 0.1) is 20.6 Å². The summed E-state index contributed by atoms with van der Waals surface area (Å²) in [4.78, 5) is 12.0. The fraction of sp³-hybridized carbons (Fsp3) is 0.536. The van der Waals surface area contributed by atoms with Gasteiger partial charge in [-0.2, -0.15) is 0 Å². The average molecular weight is 471 g/mol. The van der Waals surface area contributed by atoms with Crippen LogP contribution < -0.4 is 9.92 Å². The molecular weight excluding hydrogens is 428 g/mol. The molecule has 0 atom stereocenters. The minimum Gasteiger partial charge on any atom is -0.493 e. The summed E-state index contributed by atoms with van der Waals surface area (Å²) in [7, 11) is -1.40. The Morgan fingerprint density at radius 2 is 1.67 bits per heavy atom. The van der Waals surface area contributed by atoms with Gasteiger partial charge in [-0.1, -0.05) is 88.3 Å². The summed E-state index contributed by atoms with van der Waals surface area (Å²) in [5.74, 6) is 0.380. The number of aliphatic hydroxyl groups excluding tert-OH is 1. The van der Waals surface area contributed by atoms with Crippen molar-refractivity contribution >= 4 is 19.2 Å².